The first-order chi connectivity index (χ1) is 14.0. The lowest BCUT2D eigenvalue weighted by Gasteiger charge is -2.09. The fraction of sp³-hybridized carbons (Fsp3) is 0.0952. The average molecular weight is 408 g/mol. The third-order valence-corrected chi connectivity index (χ3v) is 4.23. The molecule has 0 fully saturated rings. The highest BCUT2D eigenvalue weighted by Crippen LogP contribution is 2.22. The normalized spacial score (nSPS) is 10.1. The molecule has 0 saturated heterocycles. The van der Waals surface area contributed by atoms with Crippen LogP contribution in [0, 0.1) is 0 Å². The molecule has 0 bridgehead atoms. The van der Waals surface area contributed by atoms with Crippen molar-refractivity contribution in [3.05, 3.63) is 78.1 Å². The van der Waals surface area contributed by atoms with Gasteiger partial charge >= 0.3 is 6.03 Å². The smallest absolute Gasteiger partial charge is 0.319 e. The van der Waals surface area contributed by atoms with Gasteiger partial charge in [0.05, 0.1) is 0 Å². The van der Waals surface area contributed by atoms with Gasteiger partial charge in [0.25, 0.3) is 5.91 Å². The Hall–Kier alpha value is -3.52. The van der Waals surface area contributed by atoms with Gasteiger partial charge in [-0.3, -0.25) is 9.78 Å². The van der Waals surface area contributed by atoms with Crippen molar-refractivity contribution < 1.29 is 14.3 Å². The van der Waals surface area contributed by atoms with Crippen LogP contribution >= 0.6 is 12.6 Å². The van der Waals surface area contributed by atoms with Crippen LogP contribution in [0.1, 0.15) is 16.1 Å². The number of anilines is 1. The molecule has 0 aliphatic heterocycles. The molecule has 0 atom stereocenters. The van der Waals surface area contributed by atoms with Crippen LogP contribution in [0.2, 0.25) is 0 Å². The van der Waals surface area contributed by atoms with Gasteiger partial charge in [-0.1, -0.05) is 12.1 Å². The summed E-state index contributed by atoms with van der Waals surface area (Å²) in [6.45, 7) is 0.368. The average Bonchev–Trinajstić information content (AvgIpc) is 2.74. The number of benzene rings is 2. The van der Waals surface area contributed by atoms with Crippen LogP contribution in [-0.2, 0) is 6.54 Å². The number of aromatic nitrogens is 1. The number of urea groups is 1. The highest BCUT2D eigenvalue weighted by molar-refractivity contribution is 7.80. The first kappa shape index (κ1) is 20.2. The van der Waals surface area contributed by atoms with Crippen LogP contribution < -0.4 is 20.7 Å². The molecule has 0 aliphatic carbocycles. The quantitative estimate of drug-likeness (QED) is 0.466. The minimum atomic E-state index is -0.296. The number of carbonyl (C=O) groups excluding carboxylic acids is 2. The molecule has 7 nitrogen and oxygen atoms in total. The Balaban J connectivity index is 1.53. The SMILES string of the molecule is CNC(=O)c1cc(Oc2ccc(CNC(=O)Nc3ccc(S)cc3)cc2)ccn1. The summed E-state index contributed by atoms with van der Waals surface area (Å²) in [6.07, 6.45) is 1.51. The molecule has 0 aliphatic rings. The third-order valence-electron chi connectivity index (χ3n) is 3.93. The zero-order valence-corrected chi connectivity index (χ0v) is 16.6. The summed E-state index contributed by atoms with van der Waals surface area (Å²) in [7, 11) is 1.54. The van der Waals surface area contributed by atoms with E-state index in [1.165, 1.54) is 6.20 Å². The molecule has 3 amide bonds. The Kier molecular flexibility index (Phi) is 6.70. The summed E-state index contributed by atoms with van der Waals surface area (Å²) < 4.78 is 5.76. The summed E-state index contributed by atoms with van der Waals surface area (Å²) in [5.41, 5.74) is 1.89. The second kappa shape index (κ2) is 9.61. The lowest BCUT2D eigenvalue weighted by Crippen LogP contribution is -2.28. The predicted octanol–water partition coefficient (Wildman–Crippen LogP) is 3.84. The first-order valence-electron chi connectivity index (χ1n) is 8.82. The number of thiol groups is 1. The number of hydrogen-bond acceptors (Lipinski definition) is 5. The van der Waals surface area contributed by atoms with E-state index >= 15 is 0 Å². The highest BCUT2D eigenvalue weighted by Gasteiger charge is 2.07. The standard InChI is InChI=1S/C21H20N4O3S/c1-22-20(26)19-12-17(10-11-23-19)28-16-6-2-14(3-7-16)13-24-21(27)25-15-4-8-18(29)9-5-15/h2-12,29H,13H2,1H3,(H,22,26)(H2,24,25,27). The van der Waals surface area contributed by atoms with Gasteiger partial charge in [0.1, 0.15) is 17.2 Å². The molecule has 2 aromatic carbocycles. The minimum Gasteiger partial charge on any atom is -0.457 e. The van der Waals surface area contributed by atoms with E-state index in [-0.39, 0.29) is 17.6 Å². The van der Waals surface area contributed by atoms with Gasteiger partial charge in [-0.25, -0.2) is 4.79 Å². The van der Waals surface area contributed by atoms with Gasteiger partial charge in [-0.05, 0) is 48.0 Å². The van der Waals surface area contributed by atoms with Gasteiger partial charge in [0.2, 0.25) is 0 Å². The van der Waals surface area contributed by atoms with Crippen molar-refractivity contribution >= 4 is 30.3 Å². The van der Waals surface area contributed by atoms with Crippen molar-refractivity contribution in [2.75, 3.05) is 12.4 Å². The second-order valence-corrected chi connectivity index (χ2v) is 6.57. The highest BCUT2D eigenvalue weighted by atomic mass is 32.1. The van der Waals surface area contributed by atoms with Crippen LogP contribution in [-0.4, -0.2) is 24.0 Å². The Bertz CT molecular complexity index is 992. The van der Waals surface area contributed by atoms with E-state index < -0.39 is 0 Å². The molecular weight excluding hydrogens is 388 g/mol. The molecule has 0 radical (unpaired) electrons. The van der Waals surface area contributed by atoms with Crippen molar-refractivity contribution in [3.63, 3.8) is 0 Å². The molecule has 3 aromatic rings. The third kappa shape index (κ3) is 5.98. The molecular formula is C21H20N4O3S. The molecule has 1 aromatic heterocycles. The van der Waals surface area contributed by atoms with E-state index in [9.17, 15) is 9.59 Å². The molecule has 1 heterocycles. The van der Waals surface area contributed by atoms with Crippen molar-refractivity contribution in [1.82, 2.24) is 15.6 Å². The molecule has 148 valence electrons. The maximum absolute atomic E-state index is 12.0. The summed E-state index contributed by atoms with van der Waals surface area (Å²) in [4.78, 5) is 28.5. The number of nitrogens with one attached hydrogen (secondary N) is 3. The zero-order chi connectivity index (χ0) is 20.6. The van der Waals surface area contributed by atoms with Gasteiger partial charge < -0.3 is 20.7 Å². The minimum absolute atomic E-state index is 0.279. The Morgan fingerprint density at radius 3 is 2.41 bits per heavy atom. The topological polar surface area (TPSA) is 92.4 Å². The van der Waals surface area contributed by atoms with Crippen LogP contribution in [0.25, 0.3) is 0 Å². The zero-order valence-electron chi connectivity index (χ0n) is 15.7. The maximum atomic E-state index is 12.0. The molecule has 0 spiro atoms. The van der Waals surface area contributed by atoms with Crippen LogP contribution in [0.5, 0.6) is 11.5 Å². The molecule has 29 heavy (non-hydrogen) atoms. The van der Waals surface area contributed by atoms with Crippen molar-refractivity contribution in [2.24, 2.45) is 0 Å². The van der Waals surface area contributed by atoms with Gasteiger partial charge in [0.15, 0.2) is 0 Å². The largest absolute Gasteiger partial charge is 0.457 e. The van der Waals surface area contributed by atoms with Crippen LogP contribution in [0.4, 0.5) is 10.5 Å². The monoisotopic (exact) mass is 408 g/mol. The molecule has 0 saturated carbocycles. The lowest BCUT2D eigenvalue weighted by atomic mass is 10.2. The maximum Gasteiger partial charge on any atom is 0.319 e. The van der Waals surface area contributed by atoms with Crippen LogP contribution in [0.3, 0.4) is 0 Å². The lowest BCUT2D eigenvalue weighted by molar-refractivity contribution is 0.0958. The number of rotatable bonds is 6. The van der Waals surface area contributed by atoms with Crippen molar-refractivity contribution in [2.45, 2.75) is 11.4 Å². The summed E-state index contributed by atoms with van der Waals surface area (Å²) in [6, 6.07) is 17.4. The Morgan fingerprint density at radius 2 is 1.72 bits per heavy atom. The first-order valence-corrected chi connectivity index (χ1v) is 9.27. The van der Waals surface area contributed by atoms with Crippen molar-refractivity contribution in [1.29, 1.82) is 0 Å². The number of ether oxygens (including phenoxy) is 1. The van der Waals surface area contributed by atoms with E-state index in [0.29, 0.717) is 23.7 Å². The Labute approximate surface area is 173 Å². The van der Waals surface area contributed by atoms with E-state index in [2.05, 4.69) is 33.6 Å². The van der Waals surface area contributed by atoms with Gasteiger partial charge in [-0.15, -0.1) is 12.6 Å². The second-order valence-electron chi connectivity index (χ2n) is 6.06. The predicted molar refractivity (Wildman–Crippen MR) is 114 cm³/mol. The number of carbonyl (C=O) groups is 2. The molecule has 3 N–H and O–H groups in total. The fourth-order valence-electron chi connectivity index (χ4n) is 2.44. The Morgan fingerprint density at radius 1 is 1.00 bits per heavy atom. The van der Waals surface area contributed by atoms with Crippen molar-refractivity contribution in [3.8, 4) is 11.5 Å². The molecule has 3 rings (SSSR count). The summed E-state index contributed by atoms with van der Waals surface area (Å²) in [5.74, 6) is 0.840. The molecule has 8 heteroatoms. The van der Waals surface area contributed by atoms with Crippen LogP contribution in [0.15, 0.2) is 71.8 Å². The fourth-order valence-corrected chi connectivity index (χ4v) is 2.59. The van der Waals surface area contributed by atoms with E-state index in [4.69, 9.17) is 4.74 Å². The summed E-state index contributed by atoms with van der Waals surface area (Å²) in [5, 5.41) is 8.07. The van der Waals surface area contributed by atoms with E-state index in [1.54, 1.807) is 55.6 Å². The summed E-state index contributed by atoms with van der Waals surface area (Å²) >= 11 is 4.21. The number of amides is 3. The van der Waals surface area contributed by atoms with E-state index in [1.807, 2.05) is 12.1 Å². The van der Waals surface area contributed by atoms with Gasteiger partial charge in [0, 0.05) is 36.4 Å². The number of hydrogen-bond donors (Lipinski definition) is 4. The number of pyridine rings is 1. The molecule has 0 unspecified atom stereocenters. The van der Waals surface area contributed by atoms with E-state index in [0.717, 1.165) is 10.5 Å². The number of nitrogens with zero attached hydrogens (tertiary/aromatic N) is 1. The van der Waals surface area contributed by atoms with Gasteiger partial charge in [-0.2, -0.15) is 0 Å².